The van der Waals surface area contributed by atoms with Gasteiger partial charge >= 0.3 is 0 Å². The van der Waals surface area contributed by atoms with E-state index in [2.05, 4.69) is 23.2 Å². The van der Waals surface area contributed by atoms with Crippen molar-refractivity contribution in [2.24, 2.45) is 5.92 Å². The maximum atomic E-state index is 9.66. The normalized spacial score (nSPS) is 17.6. The summed E-state index contributed by atoms with van der Waals surface area (Å²) < 4.78 is 0. The molecule has 0 bridgehead atoms. The molecule has 1 heterocycles. The van der Waals surface area contributed by atoms with Crippen LogP contribution in [0.3, 0.4) is 0 Å². The van der Waals surface area contributed by atoms with Gasteiger partial charge in [-0.15, -0.1) is 0 Å². The summed E-state index contributed by atoms with van der Waals surface area (Å²) in [6.45, 7) is 0.152. The molecule has 1 aliphatic rings. The van der Waals surface area contributed by atoms with E-state index < -0.39 is 0 Å². The van der Waals surface area contributed by atoms with Crippen LogP contribution in [0.4, 0.5) is 0 Å². The molecule has 104 valence electrons. The van der Waals surface area contributed by atoms with Crippen molar-refractivity contribution in [1.82, 2.24) is 4.98 Å². The number of aliphatic hydroxyl groups is 1. The Hall–Kier alpha value is -1.67. The molecule has 0 amide bonds. The number of benzene rings is 1. The topological polar surface area (TPSA) is 33.1 Å². The van der Waals surface area contributed by atoms with Gasteiger partial charge in [0.2, 0.25) is 0 Å². The molecule has 1 N–H and O–H groups in total. The van der Waals surface area contributed by atoms with Gasteiger partial charge in [0.15, 0.2) is 0 Å². The summed E-state index contributed by atoms with van der Waals surface area (Å²) in [4.78, 5) is 4.67. The highest BCUT2D eigenvalue weighted by Crippen LogP contribution is 2.30. The maximum Gasteiger partial charge on any atom is 0.0709 e. The third-order valence-electron chi connectivity index (χ3n) is 4.27. The molecule has 0 saturated heterocycles. The van der Waals surface area contributed by atoms with E-state index in [0.717, 1.165) is 22.2 Å². The van der Waals surface area contributed by atoms with Gasteiger partial charge in [-0.1, -0.05) is 43.5 Å². The van der Waals surface area contributed by atoms with Crippen molar-refractivity contribution < 1.29 is 5.11 Å². The van der Waals surface area contributed by atoms with Gasteiger partial charge in [-0.05, 0) is 42.5 Å². The maximum absolute atomic E-state index is 9.66. The Labute approximate surface area is 120 Å². The summed E-state index contributed by atoms with van der Waals surface area (Å²) in [6.07, 6.45) is 8.41. The zero-order chi connectivity index (χ0) is 13.8. The van der Waals surface area contributed by atoms with E-state index in [0.29, 0.717) is 5.92 Å². The number of hydrogen-bond donors (Lipinski definition) is 1. The molecule has 0 unspecified atom stereocenters. The molecular formula is C18H21NO. The number of para-hydroxylation sites is 1. The van der Waals surface area contributed by atoms with Crippen molar-refractivity contribution in [3.05, 3.63) is 47.7 Å². The fourth-order valence-electron chi connectivity index (χ4n) is 3.12. The van der Waals surface area contributed by atoms with Gasteiger partial charge in [-0.25, -0.2) is 4.98 Å². The molecule has 0 aliphatic heterocycles. The Morgan fingerprint density at radius 1 is 1.10 bits per heavy atom. The number of aliphatic hydroxyl groups excluding tert-OH is 1. The van der Waals surface area contributed by atoms with Gasteiger partial charge in [0.05, 0.1) is 17.8 Å². The second kappa shape index (κ2) is 6.19. The second-order valence-corrected chi connectivity index (χ2v) is 5.64. The first-order chi connectivity index (χ1) is 9.86. The zero-order valence-corrected chi connectivity index (χ0v) is 11.8. The molecule has 0 radical (unpaired) electrons. The quantitative estimate of drug-likeness (QED) is 0.904. The number of aromatic nitrogens is 1. The number of rotatable bonds is 3. The van der Waals surface area contributed by atoms with Gasteiger partial charge < -0.3 is 5.11 Å². The molecule has 1 aromatic carbocycles. The Bertz CT molecular complexity index is 612. The first-order valence-electron chi connectivity index (χ1n) is 7.54. The molecule has 2 heteroatoms. The molecule has 2 aromatic rings. The molecule has 0 atom stereocenters. The van der Waals surface area contributed by atoms with Crippen molar-refractivity contribution in [3.63, 3.8) is 0 Å². The summed E-state index contributed by atoms with van der Waals surface area (Å²) in [5, 5.41) is 10.8. The highest BCUT2D eigenvalue weighted by molar-refractivity contribution is 5.79. The van der Waals surface area contributed by atoms with Crippen LogP contribution in [-0.4, -0.2) is 16.7 Å². The number of pyridine rings is 1. The monoisotopic (exact) mass is 267 g/mol. The summed E-state index contributed by atoms with van der Waals surface area (Å²) in [5.41, 5.74) is 3.12. The smallest absolute Gasteiger partial charge is 0.0709 e. The van der Waals surface area contributed by atoms with Crippen LogP contribution < -0.4 is 0 Å². The summed E-state index contributed by atoms with van der Waals surface area (Å²) in [7, 11) is 0. The van der Waals surface area contributed by atoms with Crippen molar-refractivity contribution in [2.45, 2.75) is 32.1 Å². The SMILES string of the molecule is OC/C(=C/c1ccc2ccccc2n1)C1CCCCC1. The van der Waals surface area contributed by atoms with E-state index in [1.165, 1.54) is 32.1 Å². The summed E-state index contributed by atoms with van der Waals surface area (Å²) in [5.74, 6) is 0.544. The lowest BCUT2D eigenvalue weighted by Crippen LogP contribution is -2.11. The average molecular weight is 267 g/mol. The van der Waals surface area contributed by atoms with Crippen LogP contribution in [0.15, 0.2) is 42.0 Å². The van der Waals surface area contributed by atoms with Crippen LogP contribution in [0.25, 0.3) is 17.0 Å². The van der Waals surface area contributed by atoms with E-state index in [1.54, 1.807) is 0 Å². The zero-order valence-electron chi connectivity index (χ0n) is 11.8. The standard InChI is InChI=1S/C18H21NO/c20-13-16(14-6-2-1-3-7-14)12-17-11-10-15-8-4-5-9-18(15)19-17/h4-5,8-12,14,20H,1-3,6-7,13H2/b16-12-. The van der Waals surface area contributed by atoms with E-state index in [4.69, 9.17) is 0 Å². The summed E-state index contributed by atoms with van der Waals surface area (Å²) in [6, 6.07) is 12.3. The first-order valence-corrected chi connectivity index (χ1v) is 7.54. The fourth-order valence-corrected chi connectivity index (χ4v) is 3.12. The lowest BCUT2D eigenvalue weighted by Gasteiger charge is -2.23. The van der Waals surface area contributed by atoms with Crippen LogP contribution in [-0.2, 0) is 0 Å². The molecule has 1 fully saturated rings. The molecule has 20 heavy (non-hydrogen) atoms. The first kappa shape index (κ1) is 13.3. The minimum atomic E-state index is 0.152. The van der Waals surface area contributed by atoms with Crippen LogP contribution in [0.1, 0.15) is 37.8 Å². The Kier molecular flexibility index (Phi) is 4.12. The van der Waals surface area contributed by atoms with Gasteiger partial charge in [0.1, 0.15) is 0 Å². The lowest BCUT2D eigenvalue weighted by atomic mass is 9.83. The van der Waals surface area contributed by atoms with Crippen molar-refractivity contribution in [2.75, 3.05) is 6.61 Å². The Morgan fingerprint density at radius 2 is 1.90 bits per heavy atom. The van der Waals surface area contributed by atoms with E-state index in [1.807, 2.05) is 24.3 Å². The number of hydrogen-bond acceptors (Lipinski definition) is 2. The van der Waals surface area contributed by atoms with Gasteiger partial charge in [0, 0.05) is 5.39 Å². The van der Waals surface area contributed by atoms with Crippen LogP contribution in [0.5, 0.6) is 0 Å². The molecule has 1 aliphatic carbocycles. The van der Waals surface area contributed by atoms with Gasteiger partial charge in [0.25, 0.3) is 0 Å². The van der Waals surface area contributed by atoms with Gasteiger partial charge in [-0.2, -0.15) is 0 Å². The van der Waals surface area contributed by atoms with E-state index in [9.17, 15) is 5.11 Å². The van der Waals surface area contributed by atoms with E-state index in [-0.39, 0.29) is 6.61 Å². The van der Waals surface area contributed by atoms with Crippen LogP contribution >= 0.6 is 0 Å². The fraction of sp³-hybridized carbons (Fsp3) is 0.389. The molecule has 0 spiro atoms. The largest absolute Gasteiger partial charge is 0.392 e. The highest BCUT2D eigenvalue weighted by atomic mass is 16.3. The number of fused-ring (bicyclic) bond motifs is 1. The lowest BCUT2D eigenvalue weighted by molar-refractivity contribution is 0.295. The van der Waals surface area contributed by atoms with Crippen LogP contribution in [0.2, 0.25) is 0 Å². The second-order valence-electron chi connectivity index (χ2n) is 5.64. The van der Waals surface area contributed by atoms with Crippen LogP contribution in [0, 0.1) is 5.92 Å². The van der Waals surface area contributed by atoms with Gasteiger partial charge in [-0.3, -0.25) is 0 Å². The molecule has 2 nitrogen and oxygen atoms in total. The van der Waals surface area contributed by atoms with E-state index >= 15 is 0 Å². The minimum absolute atomic E-state index is 0.152. The molecule has 1 saturated carbocycles. The number of nitrogens with zero attached hydrogens (tertiary/aromatic N) is 1. The Morgan fingerprint density at radius 3 is 2.70 bits per heavy atom. The minimum Gasteiger partial charge on any atom is -0.392 e. The summed E-state index contributed by atoms with van der Waals surface area (Å²) >= 11 is 0. The average Bonchev–Trinajstić information content (AvgIpc) is 2.53. The predicted molar refractivity (Wildman–Crippen MR) is 83.4 cm³/mol. The van der Waals surface area contributed by atoms with Crippen molar-refractivity contribution in [3.8, 4) is 0 Å². The molecule has 3 rings (SSSR count). The Balaban J connectivity index is 1.90. The van der Waals surface area contributed by atoms with Crippen molar-refractivity contribution >= 4 is 17.0 Å². The molecular weight excluding hydrogens is 246 g/mol. The highest BCUT2D eigenvalue weighted by Gasteiger charge is 2.17. The molecule has 1 aromatic heterocycles. The van der Waals surface area contributed by atoms with Crippen molar-refractivity contribution in [1.29, 1.82) is 0 Å². The third-order valence-corrected chi connectivity index (χ3v) is 4.27. The predicted octanol–water partition coefficient (Wildman–Crippen LogP) is 4.19. The third kappa shape index (κ3) is 2.91.